The first-order valence-electron chi connectivity index (χ1n) is 16.0. The standard InChI is InChI=1S/C11H21NO2.C6H13NO2.C5H12N2.2C5H8O.ClH/c1-11(2,3)14-10(13)8-12-9-6-4-5-7-9;1-6(2,3)9-5(8)4-7;6-7-5-3-1-2-4-5;2*6-5-3-1-2-4-5;/h9,12H,4-8H2,1-3H3;4,7H2,1-3H3;5,7H,1-4,6H2;2*1-4H2;1H. The lowest BCUT2D eigenvalue weighted by atomic mass is 10.2. The van der Waals surface area contributed by atoms with Gasteiger partial charge in [0.2, 0.25) is 0 Å². The number of nitrogens with one attached hydrogen (secondary N) is 2. The number of carbonyl (C=O) groups excluding carboxylic acids is 4. The molecule has 0 spiro atoms. The summed E-state index contributed by atoms with van der Waals surface area (Å²) >= 11 is 0. The van der Waals surface area contributed by atoms with Gasteiger partial charge in [-0.15, -0.1) is 12.4 Å². The van der Waals surface area contributed by atoms with Gasteiger partial charge in [0, 0.05) is 37.8 Å². The van der Waals surface area contributed by atoms with Gasteiger partial charge in [-0.25, -0.2) is 0 Å². The summed E-state index contributed by atoms with van der Waals surface area (Å²) in [6.45, 7) is 11.4. The van der Waals surface area contributed by atoms with Gasteiger partial charge in [-0.05, 0) is 92.9 Å². The van der Waals surface area contributed by atoms with E-state index in [9.17, 15) is 19.2 Å². The molecule has 6 N–H and O–H groups in total. The van der Waals surface area contributed by atoms with Crippen LogP contribution in [0.2, 0.25) is 0 Å². The second-order valence-electron chi connectivity index (χ2n) is 13.4. The van der Waals surface area contributed by atoms with Crippen molar-refractivity contribution in [3.8, 4) is 0 Å². The van der Waals surface area contributed by atoms with Crippen LogP contribution in [0.3, 0.4) is 0 Å². The number of Topliss-reactive ketones (excluding diaryl/α,β-unsaturated/α-hetero) is 2. The Hall–Kier alpha value is -1.59. The van der Waals surface area contributed by atoms with Gasteiger partial charge < -0.3 is 20.5 Å². The summed E-state index contributed by atoms with van der Waals surface area (Å²) in [5.74, 6) is 5.58. The van der Waals surface area contributed by atoms with E-state index in [1.807, 2.05) is 20.8 Å². The second-order valence-corrected chi connectivity index (χ2v) is 13.4. The summed E-state index contributed by atoms with van der Waals surface area (Å²) in [5, 5.41) is 3.23. The minimum Gasteiger partial charge on any atom is -0.459 e. The summed E-state index contributed by atoms with van der Waals surface area (Å²) in [7, 11) is 0. The fraction of sp³-hybridized carbons (Fsp3) is 0.875. The highest BCUT2D eigenvalue weighted by molar-refractivity contribution is 5.85. The quantitative estimate of drug-likeness (QED) is 0.179. The molecule has 0 heterocycles. The van der Waals surface area contributed by atoms with Gasteiger partial charge >= 0.3 is 11.9 Å². The number of esters is 2. The van der Waals surface area contributed by atoms with E-state index in [4.69, 9.17) is 21.1 Å². The highest BCUT2D eigenvalue weighted by atomic mass is 35.5. The van der Waals surface area contributed by atoms with Crippen LogP contribution in [-0.2, 0) is 28.7 Å². The molecule has 0 saturated heterocycles. The predicted octanol–water partition coefficient (Wildman–Crippen LogP) is 5.22. The SMILES string of the molecule is CC(C)(C)OC(=O)CN.CC(C)(C)OC(=O)CNC1CCCC1.Cl.NNC1CCCC1.O=C1CCCC1.O=C1CCCC1. The zero-order valence-corrected chi connectivity index (χ0v) is 28.7. The van der Waals surface area contributed by atoms with E-state index >= 15 is 0 Å². The van der Waals surface area contributed by atoms with Crippen molar-refractivity contribution >= 4 is 35.9 Å². The molecular formula is C32H63ClN4O6. The molecule has 4 fully saturated rings. The van der Waals surface area contributed by atoms with Gasteiger partial charge in [0.25, 0.3) is 0 Å². The highest BCUT2D eigenvalue weighted by Gasteiger charge is 2.19. The van der Waals surface area contributed by atoms with E-state index in [-0.39, 0.29) is 36.5 Å². The molecule has 0 aromatic heterocycles. The van der Waals surface area contributed by atoms with Crippen molar-refractivity contribution in [1.82, 2.24) is 10.7 Å². The minimum absolute atomic E-state index is 0. The summed E-state index contributed by atoms with van der Waals surface area (Å²) in [5.41, 5.74) is 7.00. The topological polar surface area (TPSA) is 163 Å². The Morgan fingerprint density at radius 2 is 1.02 bits per heavy atom. The van der Waals surface area contributed by atoms with Crippen LogP contribution in [0, 0.1) is 0 Å². The zero-order valence-electron chi connectivity index (χ0n) is 27.9. The third-order valence-electron chi connectivity index (χ3n) is 6.81. The molecule has 0 amide bonds. The van der Waals surface area contributed by atoms with Crippen LogP contribution >= 0.6 is 12.4 Å². The Labute approximate surface area is 267 Å². The predicted molar refractivity (Wildman–Crippen MR) is 175 cm³/mol. The molecule has 0 bridgehead atoms. The number of halogens is 1. The van der Waals surface area contributed by atoms with E-state index < -0.39 is 5.60 Å². The first kappa shape index (κ1) is 43.5. The molecule has 4 saturated carbocycles. The molecule has 43 heavy (non-hydrogen) atoms. The number of rotatable bonds is 5. The number of carbonyl (C=O) groups is 4. The van der Waals surface area contributed by atoms with Crippen LogP contribution in [0.5, 0.6) is 0 Å². The molecule has 0 aliphatic heterocycles. The summed E-state index contributed by atoms with van der Waals surface area (Å²) in [6, 6.07) is 1.16. The largest absolute Gasteiger partial charge is 0.459 e. The number of hydrogen-bond donors (Lipinski definition) is 4. The molecule has 4 aliphatic carbocycles. The smallest absolute Gasteiger partial charge is 0.320 e. The lowest BCUT2D eigenvalue weighted by molar-refractivity contribution is -0.154. The van der Waals surface area contributed by atoms with Crippen LogP contribution in [0.4, 0.5) is 0 Å². The molecule has 0 aromatic carbocycles. The average molecular weight is 635 g/mol. The van der Waals surface area contributed by atoms with Crippen LogP contribution in [-0.4, -0.2) is 59.9 Å². The van der Waals surface area contributed by atoms with E-state index in [0.717, 1.165) is 51.4 Å². The number of ketones is 2. The fourth-order valence-corrected chi connectivity index (χ4v) is 4.75. The van der Waals surface area contributed by atoms with Crippen molar-refractivity contribution in [2.45, 2.75) is 168 Å². The van der Waals surface area contributed by atoms with Crippen LogP contribution in [0.1, 0.15) is 144 Å². The molecule has 0 atom stereocenters. The summed E-state index contributed by atoms with van der Waals surface area (Å²) in [6.07, 6.45) is 18.2. The van der Waals surface area contributed by atoms with Crippen LogP contribution in [0.25, 0.3) is 0 Å². The van der Waals surface area contributed by atoms with Crippen molar-refractivity contribution in [2.24, 2.45) is 11.6 Å². The van der Waals surface area contributed by atoms with E-state index in [2.05, 4.69) is 10.7 Å². The Morgan fingerprint density at radius 1 is 0.674 bits per heavy atom. The fourth-order valence-electron chi connectivity index (χ4n) is 4.75. The first-order chi connectivity index (χ1) is 19.6. The molecule has 4 aliphatic rings. The second kappa shape index (κ2) is 24.7. The van der Waals surface area contributed by atoms with Crippen molar-refractivity contribution in [2.75, 3.05) is 13.1 Å². The maximum absolute atomic E-state index is 11.3. The van der Waals surface area contributed by atoms with Gasteiger partial charge in [0.1, 0.15) is 22.8 Å². The van der Waals surface area contributed by atoms with E-state index in [1.165, 1.54) is 51.4 Å². The maximum Gasteiger partial charge on any atom is 0.320 e. The highest BCUT2D eigenvalue weighted by Crippen LogP contribution is 2.18. The van der Waals surface area contributed by atoms with Gasteiger partial charge in [0.15, 0.2) is 0 Å². The average Bonchev–Trinajstić information content (AvgIpc) is 3.72. The number of hydrazine groups is 1. The van der Waals surface area contributed by atoms with Crippen molar-refractivity contribution in [3.05, 3.63) is 0 Å². The van der Waals surface area contributed by atoms with E-state index in [1.54, 1.807) is 20.8 Å². The normalized spacial score (nSPS) is 18.4. The van der Waals surface area contributed by atoms with Crippen LogP contribution < -0.4 is 22.3 Å². The van der Waals surface area contributed by atoms with Gasteiger partial charge in [-0.3, -0.25) is 30.4 Å². The Bertz CT molecular complexity index is 735. The lowest BCUT2D eigenvalue weighted by Crippen LogP contribution is -2.35. The molecule has 0 aromatic rings. The van der Waals surface area contributed by atoms with Crippen molar-refractivity contribution in [1.29, 1.82) is 0 Å². The van der Waals surface area contributed by atoms with Crippen LogP contribution in [0.15, 0.2) is 0 Å². The van der Waals surface area contributed by atoms with Gasteiger partial charge in [-0.1, -0.05) is 25.7 Å². The third-order valence-corrected chi connectivity index (χ3v) is 6.81. The summed E-state index contributed by atoms with van der Waals surface area (Å²) < 4.78 is 10.0. The Morgan fingerprint density at radius 3 is 1.26 bits per heavy atom. The van der Waals surface area contributed by atoms with Crippen molar-refractivity contribution < 1.29 is 28.7 Å². The monoisotopic (exact) mass is 634 g/mol. The Balaban J connectivity index is 0. The van der Waals surface area contributed by atoms with E-state index in [0.29, 0.717) is 30.2 Å². The molecule has 11 heteroatoms. The molecule has 0 unspecified atom stereocenters. The van der Waals surface area contributed by atoms with Crippen molar-refractivity contribution in [3.63, 3.8) is 0 Å². The number of hydrogen-bond acceptors (Lipinski definition) is 10. The van der Waals surface area contributed by atoms with Gasteiger partial charge in [0.05, 0.1) is 13.1 Å². The Kier molecular flexibility index (Phi) is 25.0. The third kappa shape index (κ3) is 28.9. The lowest BCUT2D eigenvalue weighted by Gasteiger charge is -2.20. The minimum atomic E-state index is -0.406. The molecule has 254 valence electrons. The summed E-state index contributed by atoms with van der Waals surface area (Å²) in [4.78, 5) is 42.3. The van der Waals surface area contributed by atoms with Gasteiger partial charge in [-0.2, -0.15) is 0 Å². The maximum atomic E-state index is 11.3. The number of nitrogens with two attached hydrogens (primary N) is 2. The molecule has 0 radical (unpaired) electrons. The zero-order chi connectivity index (χ0) is 32.0. The number of ether oxygens (including phenoxy) is 2. The first-order valence-corrected chi connectivity index (χ1v) is 16.0. The molecule has 10 nitrogen and oxygen atoms in total. The molecule has 4 rings (SSSR count). The molecular weight excluding hydrogens is 572 g/mol.